The van der Waals surface area contributed by atoms with Gasteiger partial charge in [-0.1, -0.05) is 42.5 Å². The van der Waals surface area contributed by atoms with E-state index in [1.165, 1.54) is 0 Å². The number of rotatable bonds is 9. The van der Waals surface area contributed by atoms with Crippen molar-refractivity contribution < 1.29 is 23.7 Å². The largest absolute Gasteiger partial charge is 0.493 e. The first-order valence-corrected chi connectivity index (χ1v) is 11.4. The van der Waals surface area contributed by atoms with Gasteiger partial charge in [0.25, 0.3) is 0 Å². The van der Waals surface area contributed by atoms with E-state index in [2.05, 4.69) is 5.32 Å². The SMILES string of the molecule is COc1ccc([C@H]2CNC(=O)C(Cc3ccc(OCc4ccccc4)c(OC)c3)C2)cc1OC. The number of piperidine rings is 1. The van der Waals surface area contributed by atoms with Gasteiger partial charge in [-0.2, -0.15) is 0 Å². The van der Waals surface area contributed by atoms with Crippen LogP contribution in [-0.2, 0) is 17.8 Å². The van der Waals surface area contributed by atoms with Gasteiger partial charge in [0.1, 0.15) is 6.61 Å². The van der Waals surface area contributed by atoms with Crippen molar-refractivity contribution in [2.24, 2.45) is 5.92 Å². The number of hydrogen-bond donors (Lipinski definition) is 1. The third kappa shape index (κ3) is 5.45. The molecule has 6 nitrogen and oxygen atoms in total. The molecule has 0 aliphatic carbocycles. The van der Waals surface area contributed by atoms with E-state index in [1.807, 2.05) is 66.7 Å². The van der Waals surface area contributed by atoms with Crippen LogP contribution >= 0.6 is 0 Å². The minimum absolute atomic E-state index is 0.0834. The zero-order valence-corrected chi connectivity index (χ0v) is 19.9. The average Bonchev–Trinajstić information content (AvgIpc) is 2.89. The van der Waals surface area contributed by atoms with Gasteiger partial charge in [0.2, 0.25) is 5.91 Å². The summed E-state index contributed by atoms with van der Waals surface area (Å²) in [5.74, 6) is 2.91. The van der Waals surface area contributed by atoms with E-state index in [-0.39, 0.29) is 17.7 Å². The molecule has 0 bridgehead atoms. The van der Waals surface area contributed by atoms with E-state index in [1.54, 1.807) is 21.3 Å². The standard InChI is InChI=1S/C28H31NO5/c1-31-24-12-10-21(16-27(24)33-3)23-15-22(28(30)29-17-23)13-20-9-11-25(26(14-20)32-2)34-18-19-7-5-4-6-8-19/h4-12,14,16,22-23H,13,15,17-18H2,1-3H3,(H,29,30)/t22?,23-/m1/s1. The third-order valence-corrected chi connectivity index (χ3v) is 6.29. The van der Waals surface area contributed by atoms with Crippen LogP contribution in [0.3, 0.4) is 0 Å². The summed E-state index contributed by atoms with van der Waals surface area (Å²) in [6.45, 7) is 1.08. The van der Waals surface area contributed by atoms with E-state index >= 15 is 0 Å². The van der Waals surface area contributed by atoms with Crippen molar-refractivity contribution in [1.82, 2.24) is 5.32 Å². The average molecular weight is 462 g/mol. The fraction of sp³-hybridized carbons (Fsp3) is 0.321. The van der Waals surface area contributed by atoms with Gasteiger partial charge in [-0.3, -0.25) is 4.79 Å². The highest BCUT2D eigenvalue weighted by Crippen LogP contribution is 2.36. The first-order chi connectivity index (χ1) is 16.6. The molecule has 3 aromatic carbocycles. The van der Waals surface area contributed by atoms with Gasteiger partial charge >= 0.3 is 0 Å². The second-order valence-corrected chi connectivity index (χ2v) is 8.45. The maximum Gasteiger partial charge on any atom is 0.223 e. The number of ether oxygens (including phenoxy) is 4. The molecule has 3 aromatic rings. The lowest BCUT2D eigenvalue weighted by molar-refractivity contribution is -0.126. The van der Waals surface area contributed by atoms with E-state index in [9.17, 15) is 4.79 Å². The second-order valence-electron chi connectivity index (χ2n) is 8.45. The highest BCUT2D eigenvalue weighted by Gasteiger charge is 2.30. The minimum Gasteiger partial charge on any atom is -0.493 e. The van der Waals surface area contributed by atoms with Gasteiger partial charge in [0.05, 0.1) is 21.3 Å². The summed E-state index contributed by atoms with van der Waals surface area (Å²) in [5, 5.41) is 3.08. The molecule has 0 radical (unpaired) electrons. The Balaban J connectivity index is 1.45. The Bertz CT molecular complexity index is 1120. The molecule has 34 heavy (non-hydrogen) atoms. The molecule has 4 rings (SSSR count). The molecular formula is C28H31NO5. The monoisotopic (exact) mass is 461 g/mol. The lowest BCUT2D eigenvalue weighted by Gasteiger charge is -2.30. The Morgan fingerprint density at radius 1 is 0.794 bits per heavy atom. The van der Waals surface area contributed by atoms with Crippen LogP contribution in [0.2, 0.25) is 0 Å². The molecule has 1 unspecified atom stereocenters. The van der Waals surface area contributed by atoms with Crippen molar-refractivity contribution in [3.05, 3.63) is 83.4 Å². The first-order valence-electron chi connectivity index (χ1n) is 11.4. The molecule has 6 heteroatoms. The third-order valence-electron chi connectivity index (χ3n) is 6.29. The van der Waals surface area contributed by atoms with Crippen LogP contribution in [0.4, 0.5) is 0 Å². The van der Waals surface area contributed by atoms with Crippen LogP contribution < -0.4 is 24.3 Å². The summed E-state index contributed by atoms with van der Waals surface area (Å²) >= 11 is 0. The Hall–Kier alpha value is -3.67. The molecule has 1 amide bonds. The molecule has 1 N–H and O–H groups in total. The molecule has 1 fully saturated rings. The Labute approximate surface area is 200 Å². The van der Waals surface area contributed by atoms with Crippen molar-refractivity contribution in [2.45, 2.75) is 25.4 Å². The van der Waals surface area contributed by atoms with Gasteiger partial charge in [-0.25, -0.2) is 0 Å². The number of amides is 1. The van der Waals surface area contributed by atoms with Crippen molar-refractivity contribution in [3.8, 4) is 23.0 Å². The molecule has 0 spiro atoms. The molecular weight excluding hydrogens is 430 g/mol. The molecule has 0 aromatic heterocycles. The highest BCUT2D eigenvalue weighted by molar-refractivity contribution is 5.80. The van der Waals surface area contributed by atoms with Crippen LogP contribution in [-0.4, -0.2) is 33.8 Å². The summed E-state index contributed by atoms with van der Waals surface area (Å²) in [7, 11) is 4.89. The van der Waals surface area contributed by atoms with Crippen LogP contribution in [0.1, 0.15) is 29.0 Å². The van der Waals surface area contributed by atoms with Crippen molar-refractivity contribution in [2.75, 3.05) is 27.9 Å². The first kappa shape index (κ1) is 23.5. The number of benzene rings is 3. The predicted octanol–water partition coefficient (Wildman–Crippen LogP) is 4.75. The fourth-order valence-corrected chi connectivity index (χ4v) is 4.42. The maximum atomic E-state index is 12.7. The zero-order valence-electron chi connectivity index (χ0n) is 19.9. The van der Waals surface area contributed by atoms with E-state index < -0.39 is 0 Å². The van der Waals surface area contributed by atoms with Gasteiger partial charge in [0, 0.05) is 18.4 Å². The molecule has 1 heterocycles. The van der Waals surface area contributed by atoms with Gasteiger partial charge in [-0.05, 0) is 53.8 Å². The Morgan fingerprint density at radius 2 is 1.50 bits per heavy atom. The molecule has 178 valence electrons. The Kier molecular flexibility index (Phi) is 7.58. The van der Waals surface area contributed by atoms with Gasteiger partial charge in [-0.15, -0.1) is 0 Å². The molecule has 1 aliphatic heterocycles. The van der Waals surface area contributed by atoms with Gasteiger partial charge < -0.3 is 24.3 Å². The summed E-state index contributed by atoms with van der Waals surface area (Å²) in [5.41, 5.74) is 3.26. The lowest BCUT2D eigenvalue weighted by atomic mass is 9.82. The lowest BCUT2D eigenvalue weighted by Crippen LogP contribution is -2.41. The van der Waals surface area contributed by atoms with Crippen LogP contribution in [0.5, 0.6) is 23.0 Å². The molecule has 1 saturated heterocycles. The van der Waals surface area contributed by atoms with Crippen LogP contribution in [0, 0.1) is 5.92 Å². The zero-order chi connectivity index (χ0) is 23.9. The number of nitrogens with one attached hydrogen (secondary N) is 1. The predicted molar refractivity (Wildman–Crippen MR) is 131 cm³/mol. The number of carbonyl (C=O) groups is 1. The number of hydrogen-bond acceptors (Lipinski definition) is 5. The highest BCUT2D eigenvalue weighted by atomic mass is 16.5. The van der Waals surface area contributed by atoms with E-state index in [0.29, 0.717) is 42.6 Å². The van der Waals surface area contributed by atoms with E-state index in [4.69, 9.17) is 18.9 Å². The van der Waals surface area contributed by atoms with Gasteiger partial charge in [0.15, 0.2) is 23.0 Å². The van der Waals surface area contributed by atoms with Crippen molar-refractivity contribution >= 4 is 5.91 Å². The molecule has 2 atom stereocenters. The fourth-order valence-electron chi connectivity index (χ4n) is 4.42. The van der Waals surface area contributed by atoms with Crippen LogP contribution in [0.15, 0.2) is 66.7 Å². The Morgan fingerprint density at radius 3 is 2.24 bits per heavy atom. The minimum atomic E-state index is -0.132. The quantitative estimate of drug-likeness (QED) is 0.498. The second kappa shape index (κ2) is 11.0. The smallest absolute Gasteiger partial charge is 0.223 e. The van der Waals surface area contributed by atoms with Crippen LogP contribution in [0.25, 0.3) is 0 Å². The topological polar surface area (TPSA) is 66.0 Å². The summed E-state index contributed by atoms with van der Waals surface area (Å²) < 4.78 is 22.4. The summed E-state index contributed by atoms with van der Waals surface area (Å²) in [6.07, 6.45) is 1.39. The maximum absolute atomic E-state index is 12.7. The number of methoxy groups -OCH3 is 3. The molecule has 0 saturated carbocycles. The van der Waals surface area contributed by atoms with E-state index in [0.717, 1.165) is 23.1 Å². The van der Waals surface area contributed by atoms with Crippen molar-refractivity contribution in [3.63, 3.8) is 0 Å². The van der Waals surface area contributed by atoms with Crippen molar-refractivity contribution in [1.29, 1.82) is 0 Å². The number of carbonyl (C=O) groups excluding carboxylic acids is 1. The normalized spacial score (nSPS) is 17.6. The summed E-state index contributed by atoms with van der Waals surface area (Å²) in [4.78, 5) is 12.7. The molecule has 1 aliphatic rings. The summed E-state index contributed by atoms with van der Waals surface area (Å²) in [6, 6.07) is 21.9.